The van der Waals surface area contributed by atoms with Gasteiger partial charge in [0.2, 0.25) is 0 Å². The Bertz CT molecular complexity index is 865. The average molecular weight is 344 g/mol. The predicted octanol–water partition coefficient (Wildman–Crippen LogP) is 1.27. The zero-order valence-electron chi connectivity index (χ0n) is 14.7. The molecule has 2 aliphatic heterocycles. The Balaban J connectivity index is 1.63. The van der Waals surface area contributed by atoms with Crippen molar-refractivity contribution < 1.29 is 4.42 Å². The van der Waals surface area contributed by atoms with Crippen molar-refractivity contribution in [3.8, 4) is 0 Å². The second-order valence-electron chi connectivity index (χ2n) is 7.62. The van der Waals surface area contributed by atoms with Crippen LogP contribution < -0.4 is 11.1 Å². The van der Waals surface area contributed by atoms with Crippen LogP contribution in [0.1, 0.15) is 37.8 Å². The van der Waals surface area contributed by atoms with Crippen LogP contribution in [0.15, 0.2) is 32.4 Å². The highest BCUT2D eigenvalue weighted by Crippen LogP contribution is 2.37. The van der Waals surface area contributed by atoms with Gasteiger partial charge < -0.3 is 4.42 Å². The molecule has 4 heterocycles. The fourth-order valence-electron chi connectivity index (χ4n) is 4.05. The van der Waals surface area contributed by atoms with E-state index in [0.717, 1.165) is 37.6 Å². The first kappa shape index (κ1) is 16.3. The largest absolute Gasteiger partial charge is 0.468 e. The second-order valence-corrected chi connectivity index (χ2v) is 7.62. The molecule has 2 atom stereocenters. The summed E-state index contributed by atoms with van der Waals surface area (Å²) in [6.07, 6.45) is 2.70. The van der Waals surface area contributed by atoms with Crippen molar-refractivity contribution in [1.29, 1.82) is 0 Å². The molecule has 7 heteroatoms. The first-order valence-corrected chi connectivity index (χ1v) is 8.99. The third-order valence-corrected chi connectivity index (χ3v) is 5.25. The topological polar surface area (TPSA) is 73.3 Å². The zero-order valence-corrected chi connectivity index (χ0v) is 14.7. The molecule has 0 spiro atoms. The van der Waals surface area contributed by atoms with Gasteiger partial charge in [-0.3, -0.25) is 19.1 Å². The lowest BCUT2D eigenvalue weighted by Crippen LogP contribution is -2.44. The van der Waals surface area contributed by atoms with Crippen molar-refractivity contribution in [2.24, 2.45) is 11.8 Å². The second kappa shape index (κ2) is 6.29. The summed E-state index contributed by atoms with van der Waals surface area (Å²) in [6.45, 7) is 7.74. The molecule has 25 heavy (non-hydrogen) atoms. The Morgan fingerprint density at radius 2 is 2.12 bits per heavy atom. The summed E-state index contributed by atoms with van der Waals surface area (Å²) in [5, 5.41) is 4.59. The molecule has 1 saturated heterocycles. The molecule has 0 radical (unpaired) electrons. The van der Waals surface area contributed by atoms with Crippen molar-refractivity contribution in [3.63, 3.8) is 0 Å². The van der Waals surface area contributed by atoms with Crippen molar-refractivity contribution >= 4 is 0 Å². The molecule has 0 bridgehead atoms. The number of fused-ring (bicyclic) bond motifs is 3. The van der Waals surface area contributed by atoms with Gasteiger partial charge in [0.05, 0.1) is 12.8 Å². The van der Waals surface area contributed by atoms with Crippen LogP contribution in [0.2, 0.25) is 0 Å². The van der Waals surface area contributed by atoms with Crippen LogP contribution >= 0.6 is 0 Å². The minimum Gasteiger partial charge on any atom is -0.468 e. The summed E-state index contributed by atoms with van der Waals surface area (Å²) in [7, 11) is 0. The van der Waals surface area contributed by atoms with E-state index in [1.807, 2.05) is 26.0 Å². The minimum atomic E-state index is -0.497. The summed E-state index contributed by atoms with van der Waals surface area (Å²) in [5.74, 6) is 2.59. The number of rotatable bonds is 4. The van der Waals surface area contributed by atoms with Gasteiger partial charge in [-0.15, -0.1) is 0 Å². The number of aromatic nitrogens is 3. The Morgan fingerprint density at radius 1 is 1.28 bits per heavy atom. The molecule has 0 unspecified atom stereocenters. The first-order valence-electron chi connectivity index (χ1n) is 8.99. The fourth-order valence-corrected chi connectivity index (χ4v) is 4.05. The van der Waals surface area contributed by atoms with E-state index in [1.165, 1.54) is 4.68 Å². The average Bonchev–Trinajstić information content (AvgIpc) is 3.20. The highest BCUT2D eigenvalue weighted by molar-refractivity contribution is 5.10. The number of likely N-dealkylation sites (tertiary alicyclic amines) is 1. The van der Waals surface area contributed by atoms with Gasteiger partial charge in [-0.1, -0.05) is 13.8 Å². The summed E-state index contributed by atoms with van der Waals surface area (Å²) >= 11 is 0. The molecule has 2 aromatic rings. The monoisotopic (exact) mass is 344 g/mol. The standard InChI is InChI=1S/C18H24N4O3/c1-12(2)8-22-18(24)17(23)21-9-13-5-6-20(10-14-4-3-7-25-14)11-15(13)16(21)19-22/h3-4,7,12-13,15H,5-6,8-11H2,1-2H3/t13-,15-/m1/s1. The lowest BCUT2D eigenvalue weighted by Gasteiger charge is -2.33. The SMILES string of the molecule is CC(C)Cn1nc2n(c(=O)c1=O)C[C@H]1CCN(Cc3ccco3)C[C@@H]21. The predicted molar refractivity (Wildman–Crippen MR) is 92.4 cm³/mol. The van der Waals surface area contributed by atoms with E-state index < -0.39 is 11.1 Å². The van der Waals surface area contributed by atoms with Crippen molar-refractivity contribution in [3.05, 3.63) is 50.7 Å². The molecule has 0 N–H and O–H groups in total. The van der Waals surface area contributed by atoms with Gasteiger partial charge in [0.15, 0.2) is 0 Å². The third-order valence-electron chi connectivity index (χ3n) is 5.25. The highest BCUT2D eigenvalue weighted by Gasteiger charge is 2.40. The van der Waals surface area contributed by atoms with Gasteiger partial charge in [-0.2, -0.15) is 5.10 Å². The van der Waals surface area contributed by atoms with E-state index in [0.29, 0.717) is 19.0 Å². The van der Waals surface area contributed by atoms with Crippen molar-refractivity contribution in [1.82, 2.24) is 19.2 Å². The lowest BCUT2D eigenvalue weighted by atomic mass is 9.87. The van der Waals surface area contributed by atoms with Gasteiger partial charge in [-0.05, 0) is 36.9 Å². The fraction of sp³-hybridized carbons (Fsp3) is 0.611. The molecule has 4 rings (SSSR count). The summed E-state index contributed by atoms with van der Waals surface area (Å²) in [6, 6.07) is 3.89. The molecule has 2 aromatic heterocycles. The molecule has 0 aliphatic carbocycles. The number of nitrogens with zero attached hydrogens (tertiary/aromatic N) is 4. The van der Waals surface area contributed by atoms with Crippen LogP contribution in [0, 0.1) is 11.8 Å². The molecule has 0 aromatic carbocycles. The smallest absolute Gasteiger partial charge is 0.332 e. The maximum Gasteiger partial charge on any atom is 0.332 e. The van der Waals surface area contributed by atoms with Crippen LogP contribution in [0.5, 0.6) is 0 Å². The van der Waals surface area contributed by atoms with E-state index in [4.69, 9.17) is 4.42 Å². The zero-order chi connectivity index (χ0) is 17.6. The van der Waals surface area contributed by atoms with Crippen molar-refractivity contribution in [2.75, 3.05) is 13.1 Å². The van der Waals surface area contributed by atoms with Crippen LogP contribution in [-0.4, -0.2) is 32.3 Å². The third kappa shape index (κ3) is 2.97. The number of hydrogen-bond donors (Lipinski definition) is 0. The molecular weight excluding hydrogens is 320 g/mol. The van der Waals surface area contributed by atoms with E-state index in [-0.39, 0.29) is 11.8 Å². The Hall–Kier alpha value is -2.15. The lowest BCUT2D eigenvalue weighted by molar-refractivity contribution is 0.148. The van der Waals surface area contributed by atoms with Crippen LogP contribution in [0.4, 0.5) is 0 Å². The molecule has 1 fully saturated rings. The molecule has 7 nitrogen and oxygen atoms in total. The van der Waals surface area contributed by atoms with E-state index >= 15 is 0 Å². The maximum absolute atomic E-state index is 12.5. The van der Waals surface area contributed by atoms with E-state index in [1.54, 1.807) is 10.8 Å². The van der Waals surface area contributed by atoms with Gasteiger partial charge in [0.1, 0.15) is 11.6 Å². The Morgan fingerprint density at radius 3 is 2.84 bits per heavy atom. The van der Waals surface area contributed by atoms with Crippen molar-refractivity contribution in [2.45, 2.75) is 45.8 Å². The minimum absolute atomic E-state index is 0.204. The first-order chi connectivity index (χ1) is 12.0. The quantitative estimate of drug-likeness (QED) is 0.781. The van der Waals surface area contributed by atoms with E-state index in [9.17, 15) is 9.59 Å². The molecule has 134 valence electrons. The Labute approximate surface area is 145 Å². The molecule has 0 amide bonds. The van der Waals surface area contributed by atoms with Crippen LogP contribution in [-0.2, 0) is 19.6 Å². The molecular formula is C18H24N4O3. The highest BCUT2D eigenvalue weighted by atomic mass is 16.3. The number of hydrogen-bond acceptors (Lipinski definition) is 5. The number of piperidine rings is 1. The molecule has 2 aliphatic rings. The molecule has 0 saturated carbocycles. The summed E-state index contributed by atoms with van der Waals surface area (Å²) in [4.78, 5) is 27.1. The van der Waals surface area contributed by atoms with E-state index in [2.05, 4.69) is 10.00 Å². The van der Waals surface area contributed by atoms with Crippen LogP contribution in [0.3, 0.4) is 0 Å². The van der Waals surface area contributed by atoms with Gasteiger partial charge in [-0.25, -0.2) is 4.68 Å². The van der Waals surface area contributed by atoms with Gasteiger partial charge in [0.25, 0.3) is 0 Å². The summed E-state index contributed by atoms with van der Waals surface area (Å²) in [5.41, 5.74) is -0.916. The number of furan rings is 1. The van der Waals surface area contributed by atoms with Crippen LogP contribution in [0.25, 0.3) is 0 Å². The van der Waals surface area contributed by atoms with Gasteiger partial charge in [0, 0.05) is 25.6 Å². The normalized spacial score (nSPS) is 23.0. The maximum atomic E-state index is 12.5. The Kier molecular flexibility index (Phi) is 4.11. The summed E-state index contributed by atoms with van der Waals surface area (Å²) < 4.78 is 8.44. The van der Waals surface area contributed by atoms with Gasteiger partial charge >= 0.3 is 11.1 Å².